The van der Waals surface area contributed by atoms with E-state index in [0.29, 0.717) is 10.6 Å². The Bertz CT molecular complexity index is 824. The second-order valence-corrected chi connectivity index (χ2v) is 7.50. The molecule has 2 aromatic carbocycles. The van der Waals surface area contributed by atoms with Crippen LogP contribution in [0.1, 0.15) is 11.6 Å². The molecule has 0 aromatic heterocycles. The molecule has 0 aliphatic carbocycles. The first-order valence-corrected chi connectivity index (χ1v) is 8.92. The van der Waals surface area contributed by atoms with Crippen molar-refractivity contribution in [3.8, 4) is 0 Å². The number of benzene rings is 2. The van der Waals surface area contributed by atoms with Gasteiger partial charge in [-0.1, -0.05) is 41.9 Å². The van der Waals surface area contributed by atoms with E-state index >= 15 is 0 Å². The summed E-state index contributed by atoms with van der Waals surface area (Å²) in [6, 6.07) is 13.9. The van der Waals surface area contributed by atoms with Crippen LogP contribution in [0.4, 0.5) is 0 Å². The van der Waals surface area contributed by atoms with Crippen LogP contribution >= 0.6 is 11.6 Å². The average molecular weight is 351 g/mol. The SMILES string of the molecule is O=C1NCCN(S(=O)(=O)c2ccccc2)C1c1cccc(Cl)c1. The third-order valence-electron chi connectivity index (χ3n) is 3.68. The van der Waals surface area contributed by atoms with E-state index in [-0.39, 0.29) is 23.9 Å². The van der Waals surface area contributed by atoms with Gasteiger partial charge in [0.05, 0.1) is 4.90 Å². The number of sulfonamides is 1. The van der Waals surface area contributed by atoms with Crippen molar-refractivity contribution in [1.29, 1.82) is 0 Å². The molecule has 23 heavy (non-hydrogen) atoms. The molecule has 1 aliphatic rings. The summed E-state index contributed by atoms with van der Waals surface area (Å²) in [5.74, 6) is -0.349. The highest BCUT2D eigenvalue weighted by molar-refractivity contribution is 7.89. The number of halogens is 1. The first kappa shape index (κ1) is 16.0. The molecule has 0 spiro atoms. The van der Waals surface area contributed by atoms with Crippen molar-refractivity contribution < 1.29 is 13.2 Å². The molecule has 1 amide bonds. The molecule has 0 radical (unpaired) electrons. The highest BCUT2D eigenvalue weighted by atomic mass is 35.5. The fourth-order valence-electron chi connectivity index (χ4n) is 2.63. The number of rotatable bonds is 3. The van der Waals surface area contributed by atoms with Crippen LogP contribution in [0.3, 0.4) is 0 Å². The molecule has 7 heteroatoms. The van der Waals surface area contributed by atoms with E-state index in [2.05, 4.69) is 5.32 Å². The minimum absolute atomic E-state index is 0.168. The maximum atomic E-state index is 12.9. The predicted molar refractivity (Wildman–Crippen MR) is 87.5 cm³/mol. The molecule has 0 bridgehead atoms. The number of carbonyl (C=O) groups is 1. The van der Waals surface area contributed by atoms with Crippen molar-refractivity contribution in [2.45, 2.75) is 10.9 Å². The zero-order valence-corrected chi connectivity index (χ0v) is 13.7. The fraction of sp³-hybridized carbons (Fsp3) is 0.188. The maximum Gasteiger partial charge on any atom is 0.244 e. The van der Waals surface area contributed by atoms with Gasteiger partial charge in [0, 0.05) is 18.1 Å². The van der Waals surface area contributed by atoms with E-state index in [1.807, 2.05) is 0 Å². The molecule has 120 valence electrons. The van der Waals surface area contributed by atoms with Crippen LogP contribution in [0.2, 0.25) is 5.02 Å². The Labute approximate surface area is 139 Å². The monoisotopic (exact) mass is 350 g/mol. The van der Waals surface area contributed by atoms with Gasteiger partial charge in [-0.05, 0) is 29.8 Å². The van der Waals surface area contributed by atoms with Gasteiger partial charge in [0.25, 0.3) is 0 Å². The molecule has 1 heterocycles. The Kier molecular flexibility index (Phi) is 4.39. The molecular weight excluding hydrogens is 336 g/mol. The van der Waals surface area contributed by atoms with Gasteiger partial charge in [0.2, 0.25) is 15.9 Å². The van der Waals surface area contributed by atoms with Crippen LogP contribution in [0.25, 0.3) is 0 Å². The summed E-state index contributed by atoms with van der Waals surface area (Å²) >= 11 is 5.99. The van der Waals surface area contributed by atoms with Crippen molar-refractivity contribution in [2.75, 3.05) is 13.1 Å². The van der Waals surface area contributed by atoms with Gasteiger partial charge in [0.15, 0.2) is 0 Å². The molecule has 2 aromatic rings. The predicted octanol–water partition coefficient (Wildman–Crippen LogP) is 2.20. The van der Waals surface area contributed by atoms with Crippen LogP contribution in [0.5, 0.6) is 0 Å². The summed E-state index contributed by atoms with van der Waals surface area (Å²) < 4.78 is 27.1. The molecule has 1 saturated heterocycles. The Hall–Kier alpha value is -1.89. The molecule has 0 saturated carbocycles. The molecule has 1 unspecified atom stereocenters. The molecule has 1 N–H and O–H groups in total. The summed E-state index contributed by atoms with van der Waals surface area (Å²) in [6.45, 7) is 0.488. The Morgan fingerprint density at radius 3 is 2.52 bits per heavy atom. The zero-order valence-electron chi connectivity index (χ0n) is 12.1. The van der Waals surface area contributed by atoms with Gasteiger partial charge in [-0.2, -0.15) is 4.31 Å². The summed E-state index contributed by atoms with van der Waals surface area (Å²) in [5.41, 5.74) is 0.550. The Morgan fingerprint density at radius 2 is 1.83 bits per heavy atom. The van der Waals surface area contributed by atoms with Crippen molar-refractivity contribution in [3.63, 3.8) is 0 Å². The first-order chi connectivity index (χ1) is 11.0. The molecule has 1 aliphatic heterocycles. The summed E-state index contributed by atoms with van der Waals surface area (Å²) in [7, 11) is -3.78. The van der Waals surface area contributed by atoms with Gasteiger partial charge in [-0.3, -0.25) is 4.79 Å². The van der Waals surface area contributed by atoms with E-state index in [1.54, 1.807) is 42.5 Å². The van der Waals surface area contributed by atoms with Gasteiger partial charge in [-0.15, -0.1) is 0 Å². The van der Waals surface area contributed by atoms with E-state index in [1.165, 1.54) is 16.4 Å². The standard InChI is InChI=1S/C16H15ClN2O3S/c17-13-6-4-5-12(11-13)15-16(20)18-9-10-19(15)23(21,22)14-7-2-1-3-8-14/h1-8,11,15H,9-10H2,(H,18,20). The van der Waals surface area contributed by atoms with Crippen molar-refractivity contribution in [1.82, 2.24) is 9.62 Å². The lowest BCUT2D eigenvalue weighted by Gasteiger charge is -2.34. The number of hydrogen-bond acceptors (Lipinski definition) is 3. The number of carbonyl (C=O) groups excluding carboxylic acids is 1. The highest BCUT2D eigenvalue weighted by Crippen LogP contribution is 2.30. The molecule has 5 nitrogen and oxygen atoms in total. The minimum atomic E-state index is -3.78. The third kappa shape index (κ3) is 3.10. The van der Waals surface area contributed by atoms with Gasteiger partial charge >= 0.3 is 0 Å². The number of nitrogens with zero attached hydrogens (tertiary/aromatic N) is 1. The second-order valence-electron chi connectivity index (χ2n) is 5.18. The van der Waals surface area contributed by atoms with Crippen molar-refractivity contribution >= 4 is 27.5 Å². The summed E-state index contributed by atoms with van der Waals surface area (Å²) in [4.78, 5) is 12.5. The smallest absolute Gasteiger partial charge is 0.244 e. The highest BCUT2D eigenvalue weighted by Gasteiger charge is 2.39. The Morgan fingerprint density at radius 1 is 1.09 bits per heavy atom. The van der Waals surface area contributed by atoms with Crippen LogP contribution in [0, 0.1) is 0 Å². The van der Waals surface area contributed by atoms with Gasteiger partial charge < -0.3 is 5.32 Å². The lowest BCUT2D eigenvalue weighted by atomic mass is 10.0. The van der Waals surface area contributed by atoms with E-state index in [0.717, 1.165) is 0 Å². The molecule has 1 fully saturated rings. The van der Waals surface area contributed by atoms with Crippen LogP contribution in [-0.4, -0.2) is 31.7 Å². The Balaban J connectivity index is 2.07. The van der Waals surface area contributed by atoms with Crippen LogP contribution in [-0.2, 0) is 14.8 Å². The number of nitrogens with one attached hydrogen (secondary N) is 1. The largest absolute Gasteiger partial charge is 0.353 e. The average Bonchev–Trinajstić information content (AvgIpc) is 2.55. The van der Waals surface area contributed by atoms with E-state index < -0.39 is 16.1 Å². The minimum Gasteiger partial charge on any atom is -0.353 e. The second kappa shape index (κ2) is 6.31. The zero-order chi connectivity index (χ0) is 16.4. The number of piperazine rings is 1. The van der Waals surface area contributed by atoms with E-state index in [9.17, 15) is 13.2 Å². The lowest BCUT2D eigenvalue weighted by molar-refractivity contribution is -0.126. The first-order valence-electron chi connectivity index (χ1n) is 7.10. The molecular formula is C16H15ClN2O3S. The fourth-order valence-corrected chi connectivity index (χ4v) is 4.42. The lowest BCUT2D eigenvalue weighted by Crippen LogP contribution is -2.52. The third-order valence-corrected chi connectivity index (χ3v) is 5.80. The molecule has 1 atom stereocenters. The summed E-state index contributed by atoms with van der Waals surface area (Å²) in [5, 5.41) is 3.17. The van der Waals surface area contributed by atoms with Gasteiger partial charge in [0.1, 0.15) is 6.04 Å². The number of amides is 1. The van der Waals surface area contributed by atoms with Crippen LogP contribution < -0.4 is 5.32 Å². The topological polar surface area (TPSA) is 66.5 Å². The van der Waals surface area contributed by atoms with Gasteiger partial charge in [-0.25, -0.2) is 8.42 Å². The number of hydrogen-bond donors (Lipinski definition) is 1. The van der Waals surface area contributed by atoms with Crippen LogP contribution in [0.15, 0.2) is 59.5 Å². The summed E-state index contributed by atoms with van der Waals surface area (Å²) in [6.07, 6.45) is 0. The quantitative estimate of drug-likeness (QED) is 0.922. The maximum absolute atomic E-state index is 12.9. The molecule has 3 rings (SSSR count). The van der Waals surface area contributed by atoms with E-state index in [4.69, 9.17) is 11.6 Å². The van der Waals surface area contributed by atoms with Crippen molar-refractivity contribution in [3.05, 3.63) is 65.2 Å². The van der Waals surface area contributed by atoms with Crippen molar-refractivity contribution in [2.24, 2.45) is 0 Å². The normalized spacial score (nSPS) is 19.3.